The molecular weight excluding hydrogens is 169 g/mol. The Balaban J connectivity index is 2.42. The maximum atomic E-state index is 13.4. The summed E-state index contributed by atoms with van der Waals surface area (Å²) >= 11 is 0. The largest absolute Gasteiger partial charge is 0.508 e. The molecule has 0 saturated heterocycles. The van der Waals surface area contributed by atoms with Crippen molar-refractivity contribution in [2.24, 2.45) is 0 Å². The third-order valence-electron chi connectivity index (χ3n) is 2.32. The fraction of sp³-hybridized carbons (Fsp3) is 0.400. The number of alkyl halides is 1. The lowest BCUT2D eigenvalue weighted by Gasteiger charge is -2.09. The molecule has 0 saturated carbocycles. The topological polar surface area (TPSA) is 32.3 Å². The Morgan fingerprint density at radius 3 is 3.15 bits per heavy atom. The molecule has 0 radical (unpaired) electrons. The van der Waals surface area contributed by atoms with Gasteiger partial charge in [0.25, 0.3) is 0 Å². The number of halogens is 1. The van der Waals surface area contributed by atoms with Gasteiger partial charge in [-0.15, -0.1) is 0 Å². The molecule has 2 rings (SSSR count). The van der Waals surface area contributed by atoms with Crippen LogP contribution in [0.15, 0.2) is 18.2 Å². The van der Waals surface area contributed by atoms with Gasteiger partial charge in [0, 0.05) is 23.9 Å². The molecule has 0 aliphatic carbocycles. The Morgan fingerprint density at radius 1 is 1.46 bits per heavy atom. The van der Waals surface area contributed by atoms with Crippen LogP contribution in [0.3, 0.4) is 0 Å². The highest BCUT2D eigenvalue weighted by Gasteiger charge is 2.17. The summed E-state index contributed by atoms with van der Waals surface area (Å²) in [7, 11) is 0. The number of nitrogens with one attached hydrogen (secondary N) is 1. The Labute approximate surface area is 76.4 Å². The van der Waals surface area contributed by atoms with Gasteiger partial charge in [-0.05, 0) is 18.9 Å². The molecule has 0 bridgehead atoms. The van der Waals surface area contributed by atoms with E-state index in [9.17, 15) is 9.50 Å². The van der Waals surface area contributed by atoms with Gasteiger partial charge in [-0.3, -0.25) is 0 Å². The quantitative estimate of drug-likeness (QED) is 0.644. The highest BCUT2D eigenvalue weighted by atomic mass is 19.1. The van der Waals surface area contributed by atoms with Gasteiger partial charge >= 0.3 is 0 Å². The second kappa shape index (κ2) is 3.24. The highest BCUT2D eigenvalue weighted by Crippen LogP contribution is 2.33. The van der Waals surface area contributed by atoms with Crippen molar-refractivity contribution >= 4 is 5.69 Å². The lowest BCUT2D eigenvalue weighted by molar-refractivity contribution is 0.324. The molecule has 1 aliphatic heterocycles. The molecular formula is C10H12FNO. The van der Waals surface area contributed by atoms with E-state index in [1.807, 2.05) is 0 Å². The summed E-state index contributed by atoms with van der Waals surface area (Å²) in [6, 6.07) is 4.75. The first kappa shape index (κ1) is 8.35. The average Bonchev–Trinajstić information content (AvgIpc) is 2.28. The maximum Gasteiger partial charge on any atom is 0.127 e. The SMILES string of the molecule is Oc1ccc2c(c1)NCCCC2F. The summed E-state index contributed by atoms with van der Waals surface area (Å²) in [5, 5.41) is 12.3. The van der Waals surface area contributed by atoms with Gasteiger partial charge in [0.15, 0.2) is 0 Å². The predicted octanol–water partition coefficient (Wildman–Crippen LogP) is 2.61. The van der Waals surface area contributed by atoms with Crippen LogP contribution in [0.25, 0.3) is 0 Å². The van der Waals surface area contributed by atoms with Crippen LogP contribution in [0.2, 0.25) is 0 Å². The number of hydrogen-bond donors (Lipinski definition) is 2. The van der Waals surface area contributed by atoms with E-state index in [0.29, 0.717) is 12.0 Å². The Kier molecular flexibility index (Phi) is 2.08. The van der Waals surface area contributed by atoms with Gasteiger partial charge < -0.3 is 10.4 Å². The van der Waals surface area contributed by atoms with Gasteiger partial charge in [-0.25, -0.2) is 4.39 Å². The third-order valence-corrected chi connectivity index (χ3v) is 2.32. The molecule has 0 spiro atoms. The average molecular weight is 181 g/mol. The molecule has 2 nitrogen and oxygen atoms in total. The fourth-order valence-corrected chi connectivity index (χ4v) is 1.63. The summed E-state index contributed by atoms with van der Waals surface area (Å²) in [6.07, 6.45) is 0.493. The molecule has 13 heavy (non-hydrogen) atoms. The van der Waals surface area contributed by atoms with Crippen molar-refractivity contribution in [3.63, 3.8) is 0 Å². The van der Waals surface area contributed by atoms with Crippen LogP contribution in [0.4, 0.5) is 10.1 Å². The summed E-state index contributed by atoms with van der Waals surface area (Å²) in [5.74, 6) is 0.181. The number of anilines is 1. The molecule has 70 valence electrons. The number of aromatic hydroxyl groups is 1. The van der Waals surface area contributed by atoms with Crippen molar-refractivity contribution in [1.29, 1.82) is 0 Å². The summed E-state index contributed by atoms with van der Waals surface area (Å²) in [5.41, 5.74) is 1.39. The summed E-state index contributed by atoms with van der Waals surface area (Å²) in [6.45, 7) is 0.775. The van der Waals surface area contributed by atoms with Crippen molar-refractivity contribution in [2.75, 3.05) is 11.9 Å². The van der Waals surface area contributed by atoms with Crippen molar-refractivity contribution in [3.8, 4) is 5.75 Å². The zero-order valence-electron chi connectivity index (χ0n) is 7.26. The van der Waals surface area contributed by atoms with Crippen LogP contribution in [0, 0.1) is 0 Å². The fourth-order valence-electron chi connectivity index (χ4n) is 1.63. The van der Waals surface area contributed by atoms with Crippen LogP contribution in [-0.4, -0.2) is 11.7 Å². The minimum absolute atomic E-state index is 0.181. The number of hydrogen-bond acceptors (Lipinski definition) is 2. The zero-order valence-corrected chi connectivity index (χ0v) is 7.26. The van der Waals surface area contributed by atoms with E-state index in [0.717, 1.165) is 18.7 Å². The molecule has 1 aliphatic rings. The zero-order chi connectivity index (χ0) is 9.26. The molecule has 0 amide bonds. The van der Waals surface area contributed by atoms with Crippen LogP contribution < -0.4 is 5.32 Å². The molecule has 1 unspecified atom stereocenters. The minimum Gasteiger partial charge on any atom is -0.508 e. The predicted molar refractivity (Wildman–Crippen MR) is 49.7 cm³/mol. The molecule has 1 heterocycles. The minimum atomic E-state index is -0.898. The lowest BCUT2D eigenvalue weighted by atomic mass is 10.1. The first-order valence-electron chi connectivity index (χ1n) is 4.48. The van der Waals surface area contributed by atoms with Crippen molar-refractivity contribution in [1.82, 2.24) is 0 Å². The first-order chi connectivity index (χ1) is 6.27. The summed E-state index contributed by atoms with van der Waals surface area (Å²) < 4.78 is 13.4. The second-order valence-electron chi connectivity index (χ2n) is 3.31. The van der Waals surface area contributed by atoms with E-state index in [2.05, 4.69) is 5.32 Å². The highest BCUT2D eigenvalue weighted by molar-refractivity contribution is 5.56. The van der Waals surface area contributed by atoms with E-state index in [1.54, 1.807) is 12.1 Å². The number of phenols is 1. The summed E-state index contributed by atoms with van der Waals surface area (Å²) in [4.78, 5) is 0. The van der Waals surface area contributed by atoms with Gasteiger partial charge in [-0.1, -0.05) is 6.07 Å². The number of benzene rings is 1. The van der Waals surface area contributed by atoms with E-state index in [1.165, 1.54) is 6.07 Å². The van der Waals surface area contributed by atoms with Crippen LogP contribution in [-0.2, 0) is 0 Å². The smallest absolute Gasteiger partial charge is 0.127 e. The Bertz CT molecular complexity index is 314. The van der Waals surface area contributed by atoms with Crippen molar-refractivity contribution in [3.05, 3.63) is 23.8 Å². The molecule has 1 aromatic rings. The molecule has 1 atom stereocenters. The van der Waals surface area contributed by atoms with E-state index in [-0.39, 0.29) is 5.75 Å². The standard InChI is InChI=1S/C10H12FNO/c11-9-2-1-5-12-10-6-7(13)3-4-8(9)10/h3-4,6,9,12-13H,1-2,5H2. The molecule has 0 aromatic heterocycles. The Morgan fingerprint density at radius 2 is 2.31 bits per heavy atom. The molecule has 3 heteroatoms. The van der Waals surface area contributed by atoms with E-state index < -0.39 is 6.17 Å². The lowest BCUT2D eigenvalue weighted by Crippen LogP contribution is -1.98. The van der Waals surface area contributed by atoms with E-state index >= 15 is 0 Å². The maximum absolute atomic E-state index is 13.4. The second-order valence-corrected chi connectivity index (χ2v) is 3.31. The molecule has 1 aromatic carbocycles. The van der Waals surface area contributed by atoms with Gasteiger partial charge in [-0.2, -0.15) is 0 Å². The monoisotopic (exact) mass is 181 g/mol. The molecule has 0 fully saturated rings. The number of phenolic OH excluding ortho intramolecular Hbond substituents is 1. The normalized spacial score (nSPS) is 21.5. The van der Waals surface area contributed by atoms with Crippen LogP contribution in [0.5, 0.6) is 5.75 Å². The van der Waals surface area contributed by atoms with Crippen LogP contribution >= 0.6 is 0 Å². The van der Waals surface area contributed by atoms with E-state index in [4.69, 9.17) is 0 Å². The number of rotatable bonds is 0. The molecule has 2 N–H and O–H groups in total. The van der Waals surface area contributed by atoms with Gasteiger partial charge in [0.05, 0.1) is 0 Å². The Hall–Kier alpha value is -1.25. The van der Waals surface area contributed by atoms with Crippen molar-refractivity contribution in [2.45, 2.75) is 19.0 Å². The third kappa shape index (κ3) is 1.59. The van der Waals surface area contributed by atoms with Gasteiger partial charge in [0.2, 0.25) is 0 Å². The van der Waals surface area contributed by atoms with Gasteiger partial charge in [0.1, 0.15) is 11.9 Å². The van der Waals surface area contributed by atoms with Crippen LogP contribution in [0.1, 0.15) is 24.6 Å². The first-order valence-corrected chi connectivity index (χ1v) is 4.48. The number of fused-ring (bicyclic) bond motifs is 1. The van der Waals surface area contributed by atoms with Crippen molar-refractivity contribution < 1.29 is 9.50 Å².